The summed E-state index contributed by atoms with van der Waals surface area (Å²) in [6, 6.07) is 7.58. The Bertz CT molecular complexity index is 1570. The van der Waals surface area contributed by atoms with Crippen molar-refractivity contribution in [3.8, 4) is 6.07 Å². The molecule has 13 heteroatoms. The van der Waals surface area contributed by atoms with Gasteiger partial charge < -0.3 is 15.5 Å². The van der Waals surface area contributed by atoms with Crippen LogP contribution in [0.25, 0.3) is 21.4 Å². The van der Waals surface area contributed by atoms with Crippen LogP contribution in [0.3, 0.4) is 0 Å². The number of nitriles is 1. The van der Waals surface area contributed by atoms with Gasteiger partial charge in [-0.1, -0.05) is 11.7 Å². The van der Waals surface area contributed by atoms with Crippen LogP contribution >= 0.6 is 0 Å². The number of imidazole rings is 1. The van der Waals surface area contributed by atoms with Crippen molar-refractivity contribution in [2.24, 2.45) is 14.1 Å². The van der Waals surface area contributed by atoms with Crippen molar-refractivity contribution in [2.75, 3.05) is 10.6 Å². The van der Waals surface area contributed by atoms with E-state index in [1.807, 2.05) is 19.1 Å². The highest BCUT2D eigenvalue weighted by Crippen LogP contribution is 2.26. The summed E-state index contributed by atoms with van der Waals surface area (Å²) in [5.41, 5.74) is 2.17. The number of fused-ring (bicyclic) bond motifs is 2. The molecule has 156 valence electrons. The van der Waals surface area contributed by atoms with Crippen molar-refractivity contribution >= 4 is 45.8 Å². The first-order chi connectivity index (χ1) is 15.5. The highest BCUT2D eigenvalue weighted by Gasteiger charge is 2.18. The predicted molar refractivity (Wildman–Crippen MR) is 115 cm³/mol. The van der Waals surface area contributed by atoms with Crippen molar-refractivity contribution in [3.05, 3.63) is 47.3 Å². The van der Waals surface area contributed by atoms with Crippen molar-refractivity contribution < 1.29 is 0 Å². The van der Waals surface area contributed by atoms with Crippen LogP contribution in [0.4, 0.5) is 29.2 Å². The molecule has 5 rings (SSSR count). The third kappa shape index (κ3) is 3.01. The van der Waals surface area contributed by atoms with Crippen LogP contribution in [0.1, 0.15) is 11.5 Å². The largest absolute Gasteiger partial charge is 0.360 e. The second kappa shape index (κ2) is 7.03. The molecule has 0 aliphatic carbocycles. The Balaban J connectivity index is 1.59. The van der Waals surface area contributed by atoms with E-state index in [4.69, 9.17) is 6.57 Å². The standard InChI is InChI=1S/C19H15N13/c1-10-23-18(28-30(10)3)25-16-17-22-9-15(21-2)32(17)29-19(26-16)24-11-5-6-14-12(7-11)13(8-20)27-31(14)4/h5-7,9H,1,3-4H3,(H2,24,25,26,28,29). The van der Waals surface area contributed by atoms with Crippen LogP contribution in [-0.2, 0) is 14.1 Å². The number of benzene rings is 1. The molecule has 32 heavy (non-hydrogen) atoms. The maximum absolute atomic E-state index is 9.35. The van der Waals surface area contributed by atoms with Gasteiger partial charge >= 0.3 is 0 Å². The van der Waals surface area contributed by atoms with Gasteiger partial charge in [0, 0.05) is 25.2 Å². The molecule has 0 aliphatic heterocycles. The Hall–Kier alpha value is -5.04. The number of rotatable bonds is 4. The summed E-state index contributed by atoms with van der Waals surface area (Å²) in [4.78, 5) is 16.6. The van der Waals surface area contributed by atoms with Gasteiger partial charge in [0.15, 0.2) is 5.69 Å². The van der Waals surface area contributed by atoms with Crippen LogP contribution in [-0.4, -0.2) is 44.1 Å². The molecule has 0 bridgehead atoms. The number of aryl methyl sites for hydroxylation is 3. The lowest BCUT2D eigenvalue weighted by Gasteiger charge is -2.07. The molecule has 0 radical (unpaired) electrons. The molecule has 0 atom stereocenters. The maximum Gasteiger partial charge on any atom is 0.275 e. The van der Waals surface area contributed by atoms with E-state index in [2.05, 4.69) is 51.8 Å². The highest BCUT2D eigenvalue weighted by molar-refractivity contribution is 5.88. The fourth-order valence-electron chi connectivity index (χ4n) is 3.26. The molecule has 0 aliphatic rings. The van der Waals surface area contributed by atoms with Crippen LogP contribution in [0.15, 0.2) is 24.4 Å². The summed E-state index contributed by atoms with van der Waals surface area (Å²) in [5, 5.41) is 29.1. The molecular formula is C19H15N13. The quantitative estimate of drug-likeness (QED) is 0.415. The second-order valence-electron chi connectivity index (χ2n) is 6.92. The zero-order valence-corrected chi connectivity index (χ0v) is 17.2. The number of nitrogens with zero attached hydrogens (tertiary/aromatic N) is 11. The normalized spacial score (nSPS) is 10.9. The van der Waals surface area contributed by atoms with Crippen LogP contribution in [0.2, 0.25) is 0 Å². The van der Waals surface area contributed by atoms with Gasteiger partial charge in [-0.3, -0.25) is 9.36 Å². The topological polar surface area (TPSA) is 144 Å². The number of hydrogen-bond acceptors (Lipinski definition) is 9. The Morgan fingerprint density at radius 2 is 1.88 bits per heavy atom. The zero-order valence-electron chi connectivity index (χ0n) is 17.2. The average molecular weight is 425 g/mol. The molecule has 13 nitrogen and oxygen atoms in total. The summed E-state index contributed by atoms with van der Waals surface area (Å²) >= 11 is 0. The van der Waals surface area contributed by atoms with Gasteiger partial charge in [0.05, 0.1) is 11.7 Å². The number of hydrogen-bond donors (Lipinski definition) is 2. The SMILES string of the molecule is [C-]#[N+]c1cnc2c(Nc3nc(C)n(C)n3)nc(Nc3ccc4c(c3)c(C#N)nn4C)nn12. The Labute approximate surface area is 180 Å². The molecule has 4 aromatic heterocycles. The van der Waals surface area contributed by atoms with Gasteiger partial charge in [0.1, 0.15) is 11.9 Å². The summed E-state index contributed by atoms with van der Waals surface area (Å²) in [7, 11) is 3.57. The van der Waals surface area contributed by atoms with E-state index in [1.165, 1.54) is 10.7 Å². The predicted octanol–water partition coefficient (Wildman–Crippen LogP) is 2.36. The van der Waals surface area contributed by atoms with Gasteiger partial charge in [-0.05, 0) is 25.1 Å². The zero-order chi connectivity index (χ0) is 22.4. The van der Waals surface area contributed by atoms with Gasteiger partial charge in [0.2, 0.25) is 11.8 Å². The average Bonchev–Trinajstić information content (AvgIpc) is 3.43. The molecule has 2 N–H and O–H groups in total. The van der Waals surface area contributed by atoms with E-state index in [0.29, 0.717) is 34.2 Å². The molecule has 4 heterocycles. The minimum atomic E-state index is 0.220. The van der Waals surface area contributed by atoms with E-state index in [0.717, 1.165) is 11.3 Å². The van der Waals surface area contributed by atoms with Crippen molar-refractivity contribution in [3.63, 3.8) is 0 Å². The minimum Gasteiger partial charge on any atom is -0.360 e. The summed E-state index contributed by atoms with van der Waals surface area (Å²) < 4.78 is 4.67. The fraction of sp³-hybridized carbons (Fsp3) is 0.158. The van der Waals surface area contributed by atoms with Crippen molar-refractivity contribution in [1.29, 1.82) is 5.26 Å². The monoisotopic (exact) mass is 425 g/mol. The Morgan fingerprint density at radius 3 is 2.59 bits per heavy atom. The molecule has 0 amide bonds. The highest BCUT2D eigenvalue weighted by atomic mass is 15.4. The van der Waals surface area contributed by atoms with Crippen molar-refractivity contribution in [1.82, 2.24) is 44.1 Å². The molecule has 0 spiro atoms. The number of aromatic nitrogens is 9. The summed E-state index contributed by atoms with van der Waals surface area (Å²) in [6.07, 6.45) is 1.42. The Morgan fingerprint density at radius 1 is 1.06 bits per heavy atom. The smallest absolute Gasteiger partial charge is 0.275 e. The molecule has 0 saturated carbocycles. The molecule has 0 saturated heterocycles. The maximum atomic E-state index is 9.35. The van der Waals surface area contributed by atoms with Gasteiger partial charge in [-0.25, -0.2) is 4.98 Å². The second-order valence-corrected chi connectivity index (χ2v) is 6.92. The number of anilines is 4. The van der Waals surface area contributed by atoms with E-state index >= 15 is 0 Å². The third-order valence-electron chi connectivity index (χ3n) is 4.88. The summed E-state index contributed by atoms with van der Waals surface area (Å²) in [6.45, 7) is 9.22. The number of nitrogens with one attached hydrogen (secondary N) is 2. The Kier molecular flexibility index (Phi) is 4.16. The first kappa shape index (κ1) is 19.0. The van der Waals surface area contributed by atoms with Crippen molar-refractivity contribution in [2.45, 2.75) is 6.92 Å². The van der Waals surface area contributed by atoms with Crippen LogP contribution < -0.4 is 10.6 Å². The lowest BCUT2D eigenvalue weighted by atomic mass is 10.2. The molecule has 0 fully saturated rings. The third-order valence-corrected chi connectivity index (χ3v) is 4.88. The van der Waals surface area contributed by atoms with Crippen LogP contribution in [0.5, 0.6) is 0 Å². The molecular weight excluding hydrogens is 410 g/mol. The van der Waals surface area contributed by atoms with E-state index in [1.54, 1.807) is 29.5 Å². The van der Waals surface area contributed by atoms with Gasteiger partial charge in [-0.2, -0.15) is 20.3 Å². The van der Waals surface area contributed by atoms with E-state index in [-0.39, 0.29) is 11.8 Å². The molecule has 5 aromatic rings. The van der Waals surface area contributed by atoms with E-state index < -0.39 is 0 Å². The molecule has 0 unspecified atom stereocenters. The first-order valence-corrected chi connectivity index (χ1v) is 9.38. The van der Waals surface area contributed by atoms with E-state index in [9.17, 15) is 5.26 Å². The first-order valence-electron chi connectivity index (χ1n) is 9.38. The van der Waals surface area contributed by atoms with Gasteiger partial charge in [-0.15, -0.1) is 9.61 Å². The minimum absolute atomic E-state index is 0.220. The fourth-order valence-corrected chi connectivity index (χ4v) is 3.26. The molecule has 1 aromatic carbocycles. The van der Waals surface area contributed by atoms with Crippen LogP contribution in [0, 0.1) is 24.8 Å². The summed E-state index contributed by atoms with van der Waals surface area (Å²) in [5.74, 6) is 1.85. The lowest BCUT2D eigenvalue weighted by Crippen LogP contribution is -2.07. The lowest BCUT2D eigenvalue weighted by molar-refractivity contribution is 0.736. The van der Waals surface area contributed by atoms with Gasteiger partial charge in [0.25, 0.3) is 17.4 Å².